The van der Waals surface area contributed by atoms with Crippen LogP contribution in [0.15, 0.2) is 0 Å². The predicted molar refractivity (Wildman–Crippen MR) is 59.0 cm³/mol. The van der Waals surface area contributed by atoms with E-state index in [0.29, 0.717) is 24.7 Å². The Bertz CT molecular complexity index is 319. The Morgan fingerprint density at radius 1 is 1.44 bits per heavy atom. The van der Waals surface area contributed by atoms with Gasteiger partial charge in [-0.25, -0.2) is 4.79 Å². The number of ether oxygens (including phenoxy) is 1. The number of carbonyl (C=O) groups is 2. The van der Waals surface area contributed by atoms with Gasteiger partial charge in [-0.15, -0.1) is 0 Å². The first kappa shape index (κ1) is 11.4. The third-order valence-corrected chi connectivity index (χ3v) is 3.28. The first-order valence-corrected chi connectivity index (χ1v) is 5.87. The van der Waals surface area contributed by atoms with Crippen molar-refractivity contribution < 1.29 is 14.3 Å². The van der Waals surface area contributed by atoms with Crippen molar-refractivity contribution in [2.24, 2.45) is 11.8 Å². The molecule has 4 nitrogen and oxygen atoms in total. The second-order valence-electron chi connectivity index (χ2n) is 5.75. The van der Waals surface area contributed by atoms with Gasteiger partial charge in [-0.2, -0.15) is 0 Å². The Morgan fingerprint density at radius 2 is 2.12 bits per heavy atom. The van der Waals surface area contributed by atoms with E-state index in [9.17, 15) is 9.59 Å². The maximum absolute atomic E-state index is 11.8. The van der Waals surface area contributed by atoms with Crippen molar-refractivity contribution in [3.8, 4) is 0 Å². The monoisotopic (exact) mass is 225 g/mol. The lowest BCUT2D eigenvalue weighted by atomic mass is 9.68. The van der Waals surface area contributed by atoms with Gasteiger partial charge in [0.2, 0.25) is 0 Å². The molecule has 0 aromatic carbocycles. The van der Waals surface area contributed by atoms with Gasteiger partial charge in [-0.1, -0.05) is 0 Å². The lowest BCUT2D eigenvalue weighted by molar-refractivity contribution is -0.137. The van der Waals surface area contributed by atoms with Crippen LogP contribution in [-0.4, -0.2) is 35.5 Å². The van der Waals surface area contributed by atoms with Crippen molar-refractivity contribution >= 4 is 11.9 Å². The summed E-state index contributed by atoms with van der Waals surface area (Å²) in [6.07, 6.45) is 1.37. The number of fused-ring (bicyclic) bond motifs is 1. The van der Waals surface area contributed by atoms with E-state index in [1.807, 2.05) is 20.8 Å². The largest absolute Gasteiger partial charge is 0.444 e. The maximum atomic E-state index is 11.8. The maximum Gasteiger partial charge on any atom is 0.410 e. The molecule has 0 spiro atoms. The molecule has 2 aliphatic rings. The summed E-state index contributed by atoms with van der Waals surface area (Å²) in [6, 6.07) is 0. The van der Waals surface area contributed by atoms with Gasteiger partial charge >= 0.3 is 6.09 Å². The van der Waals surface area contributed by atoms with E-state index in [1.54, 1.807) is 4.90 Å². The highest BCUT2D eigenvalue weighted by atomic mass is 16.6. The molecule has 1 saturated heterocycles. The summed E-state index contributed by atoms with van der Waals surface area (Å²) >= 11 is 0. The molecular formula is C12H19NO3. The molecule has 1 amide bonds. The fourth-order valence-electron chi connectivity index (χ4n) is 2.35. The van der Waals surface area contributed by atoms with Gasteiger partial charge in [0.25, 0.3) is 0 Å². The van der Waals surface area contributed by atoms with Gasteiger partial charge < -0.3 is 9.64 Å². The number of ketones is 1. The summed E-state index contributed by atoms with van der Waals surface area (Å²) in [7, 11) is 0. The number of rotatable bonds is 0. The highest BCUT2D eigenvalue weighted by Gasteiger charge is 2.44. The summed E-state index contributed by atoms with van der Waals surface area (Å²) in [5.74, 6) is 0.908. The number of piperidine rings is 1. The first-order valence-electron chi connectivity index (χ1n) is 5.87. The number of carbonyl (C=O) groups excluding carboxylic acids is 2. The molecule has 0 aromatic heterocycles. The van der Waals surface area contributed by atoms with Crippen LogP contribution < -0.4 is 0 Å². The molecule has 0 radical (unpaired) electrons. The van der Waals surface area contributed by atoms with Crippen LogP contribution in [-0.2, 0) is 9.53 Å². The van der Waals surface area contributed by atoms with Gasteiger partial charge in [0, 0.05) is 25.4 Å². The Labute approximate surface area is 95.9 Å². The van der Waals surface area contributed by atoms with E-state index >= 15 is 0 Å². The van der Waals surface area contributed by atoms with E-state index in [1.165, 1.54) is 0 Å². The van der Waals surface area contributed by atoms with Crippen molar-refractivity contribution in [2.45, 2.75) is 39.2 Å². The lowest BCUT2D eigenvalue weighted by Crippen LogP contribution is -2.53. The number of hydrogen-bond donors (Lipinski definition) is 0. The van der Waals surface area contributed by atoms with Crippen LogP contribution >= 0.6 is 0 Å². The van der Waals surface area contributed by atoms with E-state index in [0.717, 1.165) is 13.0 Å². The van der Waals surface area contributed by atoms with Crippen molar-refractivity contribution in [2.75, 3.05) is 13.1 Å². The Kier molecular flexibility index (Phi) is 2.68. The molecule has 1 aliphatic carbocycles. The minimum Gasteiger partial charge on any atom is -0.444 e. The first-order chi connectivity index (χ1) is 7.37. The normalized spacial score (nSPS) is 29.4. The van der Waals surface area contributed by atoms with Gasteiger partial charge in [0.15, 0.2) is 0 Å². The van der Waals surface area contributed by atoms with Crippen LogP contribution in [0.4, 0.5) is 4.79 Å². The van der Waals surface area contributed by atoms with Crippen LogP contribution in [0, 0.1) is 11.8 Å². The lowest BCUT2D eigenvalue weighted by Gasteiger charge is -2.43. The molecule has 1 aliphatic heterocycles. The Hall–Kier alpha value is -1.06. The average molecular weight is 225 g/mol. The molecule has 4 heteroatoms. The number of likely N-dealkylation sites (tertiary alicyclic amines) is 1. The quantitative estimate of drug-likeness (QED) is 0.632. The summed E-state index contributed by atoms with van der Waals surface area (Å²) in [4.78, 5) is 24.8. The molecule has 2 atom stereocenters. The van der Waals surface area contributed by atoms with E-state index in [4.69, 9.17) is 4.74 Å². The molecule has 16 heavy (non-hydrogen) atoms. The zero-order valence-corrected chi connectivity index (χ0v) is 10.2. The minimum atomic E-state index is -0.461. The molecular weight excluding hydrogens is 206 g/mol. The summed E-state index contributed by atoms with van der Waals surface area (Å²) in [6.45, 7) is 6.84. The van der Waals surface area contributed by atoms with Gasteiger partial charge in [-0.3, -0.25) is 4.79 Å². The number of nitrogens with zero attached hydrogens (tertiary/aromatic N) is 1. The molecule has 1 heterocycles. The van der Waals surface area contributed by atoms with Crippen molar-refractivity contribution in [1.29, 1.82) is 0 Å². The van der Waals surface area contributed by atoms with E-state index < -0.39 is 5.60 Å². The number of Topliss-reactive ketones (excluding diaryl/α,β-unsaturated/α-hetero) is 1. The van der Waals surface area contributed by atoms with Crippen LogP contribution in [0.2, 0.25) is 0 Å². The molecule has 0 N–H and O–H groups in total. The molecule has 2 fully saturated rings. The average Bonchev–Trinajstić information content (AvgIpc) is 2.13. The van der Waals surface area contributed by atoms with Crippen molar-refractivity contribution in [3.05, 3.63) is 0 Å². The van der Waals surface area contributed by atoms with Gasteiger partial charge in [-0.05, 0) is 33.1 Å². The van der Waals surface area contributed by atoms with E-state index in [-0.39, 0.29) is 12.0 Å². The molecule has 1 saturated carbocycles. The van der Waals surface area contributed by atoms with Crippen LogP contribution in [0.1, 0.15) is 33.6 Å². The predicted octanol–water partition coefficient (Wildman–Crippen LogP) is 1.83. The topological polar surface area (TPSA) is 46.6 Å². The second kappa shape index (κ2) is 3.75. The van der Waals surface area contributed by atoms with Crippen molar-refractivity contribution in [3.63, 3.8) is 0 Å². The third kappa shape index (κ3) is 2.20. The highest BCUT2D eigenvalue weighted by Crippen LogP contribution is 2.37. The van der Waals surface area contributed by atoms with Crippen LogP contribution in [0.25, 0.3) is 0 Å². The van der Waals surface area contributed by atoms with Crippen molar-refractivity contribution in [1.82, 2.24) is 4.90 Å². The number of hydrogen-bond acceptors (Lipinski definition) is 3. The minimum absolute atomic E-state index is 0.0845. The molecule has 90 valence electrons. The molecule has 0 bridgehead atoms. The SMILES string of the molecule is CC(C)(C)OC(=O)N1CC[C@@H]2CC(=O)[C@@H]2C1. The van der Waals surface area contributed by atoms with Gasteiger partial charge in [0.1, 0.15) is 11.4 Å². The van der Waals surface area contributed by atoms with Gasteiger partial charge in [0.05, 0.1) is 0 Å². The molecule has 0 unspecified atom stereocenters. The zero-order valence-electron chi connectivity index (χ0n) is 10.2. The summed E-state index contributed by atoms with van der Waals surface area (Å²) in [5, 5.41) is 0. The van der Waals surface area contributed by atoms with E-state index in [2.05, 4.69) is 0 Å². The summed E-state index contributed by atoms with van der Waals surface area (Å²) in [5.41, 5.74) is -0.461. The zero-order chi connectivity index (χ0) is 11.9. The molecule has 0 aromatic rings. The Morgan fingerprint density at radius 3 is 2.69 bits per heavy atom. The standard InChI is InChI=1S/C12H19NO3/c1-12(2,3)16-11(15)13-5-4-8-6-10(14)9(8)7-13/h8-9H,4-7H2,1-3H3/t8-,9-/m1/s1. The fourth-order valence-corrected chi connectivity index (χ4v) is 2.35. The smallest absolute Gasteiger partial charge is 0.410 e. The van der Waals surface area contributed by atoms with Crippen LogP contribution in [0.5, 0.6) is 0 Å². The highest BCUT2D eigenvalue weighted by molar-refractivity contribution is 5.88. The summed E-state index contributed by atoms with van der Waals surface area (Å²) < 4.78 is 5.30. The molecule has 2 rings (SSSR count). The fraction of sp³-hybridized carbons (Fsp3) is 0.833. The Balaban J connectivity index is 1.91. The third-order valence-electron chi connectivity index (χ3n) is 3.28. The second-order valence-corrected chi connectivity index (χ2v) is 5.75. The van der Waals surface area contributed by atoms with Crippen LogP contribution in [0.3, 0.4) is 0 Å². The number of amides is 1.